The molecule has 0 aromatic heterocycles. The van der Waals surface area contributed by atoms with Crippen molar-refractivity contribution in [2.45, 2.75) is 73.8 Å². The molecule has 182 valence electrons. The summed E-state index contributed by atoms with van der Waals surface area (Å²) in [6.45, 7) is 12.4. The van der Waals surface area contributed by atoms with Crippen LogP contribution in [-0.4, -0.2) is 42.2 Å². The highest BCUT2D eigenvalue weighted by molar-refractivity contribution is 6.04. The number of primary amides is 1. The molecule has 32 heavy (non-hydrogen) atoms. The summed E-state index contributed by atoms with van der Waals surface area (Å²) < 4.78 is 11.4. The number of carbonyl (C=O) groups is 4. The molecule has 0 saturated heterocycles. The van der Waals surface area contributed by atoms with Crippen molar-refractivity contribution < 1.29 is 28.7 Å². The van der Waals surface area contributed by atoms with Crippen molar-refractivity contribution in [3.05, 3.63) is 0 Å². The van der Waals surface area contributed by atoms with E-state index in [1.54, 1.807) is 13.8 Å². The summed E-state index contributed by atoms with van der Waals surface area (Å²) in [6, 6.07) is -0.925. The maximum Gasteiger partial charge on any atom is 0.332 e. The zero-order chi connectivity index (χ0) is 24.6. The minimum atomic E-state index is -1.17. The third-order valence-corrected chi connectivity index (χ3v) is 6.24. The highest BCUT2D eigenvalue weighted by atomic mass is 16.5. The largest absolute Gasteiger partial charge is 0.479 e. The highest BCUT2D eigenvalue weighted by Gasteiger charge is 2.43. The van der Waals surface area contributed by atoms with Crippen molar-refractivity contribution in [1.82, 2.24) is 5.43 Å². The monoisotopic (exact) mass is 453 g/mol. The summed E-state index contributed by atoms with van der Waals surface area (Å²) in [5, 5.41) is 3.80. The summed E-state index contributed by atoms with van der Waals surface area (Å²) in [5.41, 5.74) is 7.13. The van der Waals surface area contributed by atoms with Crippen LogP contribution < -0.4 is 11.2 Å². The van der Waals surface area contributed by atoms with Gasteiger partial charge in [-0.25, -0.2) is 10.2 Å². The number of amides is 2. The van der Waals surface area contributed by atoms with Gasteiger partial charge in [0.2, 0.25) is 5.90 Å². The molecule has 0 bridgehead atoms. The van der Waals surface area contributed by atoms with Gasteiger partial charge >= 0.3 is 12.0 Å². The van der Waals surface area contributed by atoms with E-state index < -0.39 is 35.5 Å². The Kier molecular flexibility index (Phi) is 10.8. The number of nitrogens with zero attached hydrogens (tertiary/aromatic N) is 1. The lowest BCUT2D eigenvalue weighted by molar-refractivity contribution is -0.165. The molecule has 1 aliphatic carbocycles. The standard InChI is InChI=1S/C23H39N3O6/c1-8-31-21(25-26-23(24)30)19(15(6)27)14(5)20(16(7)28)22(29)32-18-11-13(4)9-10-17(18)12(2)3/h12-14,17-20H,8-11H2,1-7H3,(H3,24,26,30)/t13-,14-,17-,18-,19-,20+/m1/s1. The summed E-state index contributed by atoms with van der Waals surface area (Å²) >= 11 is 0. The lowest BCUT2D eigenvalue weighted by atomic mass is 9.75. The molecule has 0 spiro atoms. The van der Waals surface area contributed by atoms with Crippen molar-refractivity contribution in [2.75, 3.05) is 6.61 Å². The van der Waals surface area contributed by atoms with Gasteiger partial charge in [0.1, 0.15) is 23.6 Å². The number of hydrogen-bond acceptors (Lipinski definition) is 7. The van der Waals surface area contributed by atoms with Crippen molar-refractivity contribution >= 4 is 29.5 Å². The number of rotatable bonds is 10. The zero-order valence-corrected chi connectivity index (χ0v) is 20.3. The number of ketones is 2. The second kappa shape index (κ2) is 12.6. The van der Waals surface area contributed by atoms with Gasteiger partial charge in [-0.3, -0.25) is 14.4 Å². The van der Waals surface area contributed by atoms with Gasteiger partial charge in [0.25, 0.3) is 0 Å². The van der Waals surface area contributed by atoms with Gasteiger partial charge in [-0.2, -0.15) is 0 Å². The molecule has 6 atom stereocenters. The quantitative estimate of drug-likeness (QED) is 0.171. The Morgan fingerprint density at radius 3 is 2.12 bits per heavy atom. The van der Waals surface area contributed by atoms with Gasteiger partial charge in [0, 0.05) is 0 Å². The third-order valence-electron chi connectivity index (χ3n) is 6.24. The smallest absolute Gasteiger partial charge is 0.332 e. The Morgan fingerprint density at radius 1 is 1.06 bits per heavy atom. The molecule has 0 aromatic carbocycles. The molecule has 0 radical (unpaired) electrons. The molecule has 1 rings (SSSR count). The van der Waals surface area contributed by atoms with Gasteiger partial charge in [-0.05, 0) is 57.3 Å². The molecule has 1 aliphatic rings. The molecule has 0 unspecified atom stereocenters. The molecule has 3 N–H and O–H groups in total. The number of nitrogens with two attached hydrogens (primary N) is 1. The third kappa shape index (κ3) is 7.60. The number of hydrazone groups is 1. The van der Waals surface area contributed by atoms with Gasteiger partial charge in [-0.1, -0.05) is 34.1 Å². The Balaban J connectivity index is 3.21. The molecule has 0 aliphatic heterocycles. The first-order chi connectivity index (χ1) is 14.9. The van der Waals surface area contributed by atoms with Crippen LogP contribution in [0.25, 0.3) is 0 Å². The van der Waals surface area contributed by atoms with E-state index in [4.69, 9.17) is 15.2 Å². The fraction of sp³-hybridized carbons (Fsp3) is 0.783. The summed E-state index contributed by atoms with van der Waals surface area (Å²) in [6.07, 6.45) is 2.52. The van der Waals surface area contributed by atoms with Crippen LogP contribution in [-0.2, 0) is 23.9 Å². The lowest BCUT2D eigenvalue weighted by Crippen LogP contribution is -2.44. The minimum absolute atomic E-state index is 0.100. The number of Topliss-reactive ketones (excluding diaryl/α,β-unsaturated/α-hetero) is 2. The van der Waals surface area contributed by atoms with Gasteiger partial charge in [0.15, 0.2) is 0 Å². The van der Waals surface area contributed by atoms with Crippen LogP contribution in [0.5, 0.6) is 0 Å². The summed E-state index contributed by atoms with van der Waals surface area (Å²) in [7, 11) is 0. The maximum atomic E-state index is 13.2. The van der Waals surface area contributed by atoms with Crippen LogP contribution in [0.3, 0.4) is 0 Å². The molecule has 2 amide bonds. The Morgan fingerprint density at radius 2 is 1.66 bits per heavy atom. The van der Waals surface area contributed by atoms with E-state index in [0.717, 1.165) is 19.3 Å². The number of ether oxygens (including phenoxy) is 2. The number of hydrogen-bond donors (Lipinski definition) is 2. The average molecular weight is 454 g/mol. The SMILES string of the molecule is CCOC(=NNC(N)=O)[C@@H](C(C)=O)[C@@H](C)[C@@H](C(C)=O)C(=O)O[C@@H]1C[C@H](C)CC[C@@H]1C(C)C. The maximum absolute atomic E-state index is 13.2. The number of urea groups is 1. The van der Waals surface area contributed by atoms with Crippen LogP contribution in [0.2, 0.25) is 0 Å². The van der Waals surface area contributed by atoms with E-state index in [9.17, 15) is 19.2 Å². The zero-order valence-electron chi connectivity index (χ0n) is 20.3. The van der Waals surface area contributed by atoms with Crippen molar-refractivity contribution in [3.63, 3.8) is 0 Å². The van der Waals surface area contributed by atoms with Crippen molar-refractivity contribution in [1.29, 1.82) is 0 Å². The molecule has 9 nitrogen and oxygen atoms in total. The van der Waals surface area contributed by atoms with E-state index >= 15 is 0 Å². The molecule has 0 heterocycles. The van der Waals surface area contributed by atoms with Crippen LogP contribution in [0, 0.1) is 35.5 Å². The Bertz CT molecular complexity index is 721. The first kappa shape index (κ1) is 27.6. The van der Waals surface area contributed by atoms with E-state index in [0.29, 0.717) is 11.8 Å². The van der Waals surface area contributed by atoms with Crippen LogP contribution >= 0.6 is 0 Å². The van der Waals surface area contributed by atoms with Crippen LogP contribution in [0.15, 0.2) is 5.10 Å². The molecule has 0 aromatic rings. The van der Waals surface area contributed by atoms with Crippen LogP contribution in [0.4, 0.5) is 4.79 Å². The lowest BCUT2D eigenvalue weighted by Gasteiger charge is -2.38. The fourth-order valence-electron chi connectivity index (χ4n) is 4.63. The number of carbonyl (C=O) groups excluding carboxylic acids is 4. The number of nitrogens with one attached hydrogen (secondary N) is 1. The van der Waals surface area contributed by atoms with E-state index in [1.165, 1.54) is 13.8 Å². The first-order valence-corrected chi connectivity index (χ1v) is 11.4. The van der Waals surface area contributed by atoms with Gasteiger partial charge in [0.05, 0.1) is 12.5 Å². The van der Waals surface area contributed by atoms with Gasteiger partial charge in [-0.15, -0.1) is 5.10 Å². The van der Waals surface area contributed by atoms with Crippen LogP contribution in [0.1, 0.15) is 67.7 Å². The predicted octanol–water partition coefficient (Wildman–Crippen LogP) is 3.06. The predicted molar refractivity (Wildman–Crippen MR) is 121 cm³/mol. The van der Waals surface area contributed by atoms with Crippen molar-refractivity contribution in [3.8, 4) is 0 Å². The second-order valence-corrected chi connectivity index (χ2v) is 9.20. The highest BCUT2D eigenvalue weighted by Crippen LogP contribution is 2.36. The topological polar surface area (TPSA) is 137 Å². The van der Waals surface area contributed by atoms with Gasteiger partial charge < -0.3 is 15.2 Å². The Hall–Kier alpha value is -2.45. The number of esters is 1. The molecule has 1 fully saturated rings. The molecule has 9 heteroatoms. The van der Waals surface area contributed by atoms with Crippen molar-refractivity contribution in [2.24, 2.45) is 46.3 Å². The van der Waals surface area contributed by atoms with E-state index in [1.807, 2.05) is 0 Å². The fourth-order valence-corrected chi connectivity index (χ4v) is 4.63. The van der Waals surface area contributed by atoms with E-state index in [-0.39, 0.29) is 30.3 Å². The summed E-state index contributed by atoms with van der Waals surface area (Å²) in [4.78, 5) is 49.3. The Labute approximate surface area is 190 Å². The van der Waals surface area contributed by atoms with E-state index in [2.05, 4.69) is 31.3 Å². The second-order valence-electron chi connectivity index (χ2n) is 9.20. The average Bonchev–Trinajstić information content (AvgIpc) is 2.65. The normalized spacial score (nSPS) is 24.2. The first-order valence-electron chi connectivity index (χ1n) is 11.4. The molecular formula is C23H39N3O6. The summed E-state index contributed by atoms with van der Waals surface area (Å²) in [5.74, 6) is -3.51. The molecular weight excluding hydrogens is 414 g/mol. The minimum Gasteiger partial charge on any atom is -0.479 e. The molecule has 1 saturated carbocycles.